The molecule has 0 fully saturated rings. The summed E-state index contributed by atoms with van der Waals surface area (Å²) in [5.74, 6) is -1.87. The molecule has 22 heavy (non-hydrogen) atoms. The Hall–Kier alpha value is -2.15. The van der Waals surface area contributed by atoms with Crippen molar-refractivity contribution in [1.82, 2.24) is 5.32 Å². The molecule has 2 N–H and O–H groups in total. The van der Waals surface area contributed by atoms with Crippen LogP contribution in [0.25, 0.3) is 0 Å². The highest BCUT2D eigenvalue weighted by atomic mass is 19.1. The number of carbonyl (C=O) groups excluding carboxylic acids is 1. The predicted octanol–water partition coefficient (Wildman–Crippen LogP) is 1.37. The van der Waals surface area contributed by atoms with E-state index in [1.807, 2.05) is 0 Å². The number of hydrogen-bond acceptors (Lipinski definition) is 4. The van der Waals surface area contributed by atoms with Crippen LogP contribution in [0.3, 0.4) is 0 Å². The van der Waals surface area contributed by atoms with E-state index in [2.05, 4.69) is 5.32 Å². The van der Waals surface area contributed by atoms with Gasteiger partial charge in [-0.25, -0.2) is 9.18 Å². The minimum Gasteiger partial charge on any atom is -0.494 e. The van der Waals surface area contributed by atoms with Crippen LogP contribution in [0.5, 0.6) is 5.75 Å². The number of methoxy groups -OCH3 is 2. The molecule has 0 aromatic heterocycles. The van der Waals surface area contributed by atoms with Crippen LogP contribution in [0, 0.1) is 5.82 Å². The second kappa shape index (κ2) is 8.99. The van der Waals surface area contributed by atoms with E-state index >= 15 is 0 Å². The number of benzene rings is 1. The maximum atomic E-state index is 13.5. The molecular weight excluding hydrogens is 293 g/mol. The average Bonchev–Trinajstić information content (AvgIpc) is 2.49. The first-order valence-electron chi connectivity index (χ1n) is 6.81. The molecule has 122 valence electrons. The average molecular weight is 313 g/mol. The zero-order valence-electron chi connectivity index (χ0n) is 12.6. The van der Waals surface area contributed by atoms with E-state index in [-0.39, 0.29) is 25.2 Å². The van der Waals surface area contributed by atoms with Gasteiger partial charge in [-0.05, 0) is 24.1 Å². The number of aliphatic carboxylic acids is 1. The van der Waals surface area contributed by atoms with Crippen LogP contribution in [-0.4, -0.2) is 43.9 Å². The fourth-order valence-corrected chi connectivity index (χ4v) is 1.88. The summed E-state index contributed by atoms with van der Waals surface area (Å²) in [5, 5.41) is 11.4. The fraction of sp³-hybridized carbons (Fsp3) is 0.467. The van der Waals surface area contributed by atoms with Gasteiger partial charge < -0.3 is 19.9 Å². The van der Waals surface area contributed by atoms with E-state index in [0.717, 1.165) is 0 Å². The van der Waals surface area contributed by atoms with Gasteiger partial charge in [-0.1, -0.05) is 6.07 Å². The maximum Gasteiger partial charge on any atom is 0.326 e. The summed E-state index contributed by atoms with van der Waals surface area (Å²) in [6.45, 7) is 0.237. The monoisotopic (exact) mass is 313 g/mol. The van der Waals surface area contributed by atoms with Crippen LogP contribution in [0.1, 0.15) is 18.4 Å². The van der Waals surface area contributed by atoms with Crippen molar-refractivity contribution in [3.05, 3.63) is 29.6 Å². The number of halogens is 1. The number of amides is 1. The number of rotatable bonds is 9. The Morgan fingerprint density at radius 3 is 2.64 bits per heavy atom. The van der Waals surface area contributed by atoms with Crippen molar-refractivity contribution in [3.8, 4) is 5.75 Å². The Bertz CT molecular complexity index is 521. The quantitative estimate of drug-likeness (QED) is 0.719. The molecule has 1 atom stereocenters. The maximum absolute atomic E-state index is 13.5. The van der Waals surface area contributed by atoms with Crippen molar-refractivity contribution in [1.29, 1.82) is 0 Å². The smallest absolute Gasteiger partial charge is 0.326 e. The van der Waals surface area contributed by atoms with E-state index < -0.39 is 23.7 Å². The minimum absolute atomic E-state index is 0.0720. The molecular formula is C15H20FNO5. The Balaban J connectivity index is 2.51. The van der Waals surface area contributed by atoms with Crippen LogP contribution in [-0.2, 0) is 20.7 Å². The molecule has 0 saturated heterocycles. The van der Waals surface area contributed by atoms with Crippen molar-refractivity contribution < 1.29 is 28.6 Å². The van der Waals surface area contributed by atoms with Gasteiger partial charge in [0, 0.05) is 26.6 Å². The Morgan fingerprint density at radius 2 is 2.09 bits per heavy atom. The SMILES string of the molecule is COCCC(NC(=O)CCc1ccc(OC)c(F)c1)C(=O)O. The number of carbonyl (C=O) groups is 2. The first kappa shape index (κ1) is 17.9. The molecule has 0 saturated carbocycles. The number of carboxylic acid groups (broad SMARTS) is 1. The Kier molecular flexibility index (Phi) is 7.31. The molecule has 7 heteroatoms. The first-order valence-corrected chi connectivity index (χ1v) is 6.81. The highest BCUT2D eigenvalue weighted by Gasteiger charge is 2.19. The molecule has 6 nitrogen and oxygen atoms in total. The molecule has 1 aromatic carbocycles. The second-order valence-corrected chi connectivity index (χ2v) is 4.71. The number of nitrogens with one attached hydrogen (secondary N) is 1. The van der Waals surface area contributed by atoms with Crippen molar-refractivity contribution in [2.24, 2.45) is 0 Å². The molecule has 1 amide bonds. The molecule has 0 aliphatic carbocycles. The van der Waals surface area contributed by atoms with Gasteiger partial charge in [0.25, 0.3) is 0 Å². The summed E-state index contributed by atoms with van der Waals surface area (Å²) < 4.78 is 23.1. The molecule has 0 bridgehead atoms. The van der Waals surface area contributed by atoms with Crippen LogP contribution in [0.2, 0.25) is 0 Å². The van der Waals surface area contributed by atoms with Crippen molar-refractivity contribution in [2.45, 2.75) is 25.3 Å². The van der Waals surface area contributed by atoms with E-state index in [1.165, 1.54) is 26.4 Å². The zero-order valence-corrected chi connectivity index (χ0v) is 12.6. The lowest BCUT2D eigenvalue weighted by molar-refractivity contribution is -0.142. The number of hydrogen-bond donors (Lipinski definition) is 2. The van der Waals surface area contributed by atoms with Gasteiger partial charge in [0.15, 0.2) is 11.6 Å². The summed E-state index contributed by atoms with van der Waals surface area (Å²) in [6.07, 6.45) is 0.570. The summed E-state index contributed by atoms with van der Waals surface area (Å²) >= 11 is 0. The van der Waals surface area contributed by atoms with Gasteiger partial charge in [-0.3, -0.25) is 4.79 Å². The lowest BCUT2D eigenvalue weighted by Gasteiger charge is -2.14. The third-order valence-electron chi connectivity index (χ3n) is 3.10. The molecule has 0 aliphatic rings. The minimum atomic E-state index is -1.11. The summed E-state index contributed by atoms with van der Waals surface area (Å²) in [4.78, 5) is 22.8. The summed E-state index contributed by atoms with van der Waals surface area (Å²) in [7, 11) is 2.83. The highest BCUT2D eigenvalue weighted by molar-refractivity contribution is 5.83. The van der Waals surface area contributed by atoms with Crippen molar-refractivity contribution in [3.63, 3.8) is 0 Å². The molecule has 0 heterocycles. The Labute approximate surface area is 128 Å². The van der Waals surface area contributed by atoms with Crippen molar-refractivity contribution in [2.75, 3.05) is 20.8 Å². The lowest BCUT2D eigenvalue weighted by atomic mass is 10.1. The van der Waals surface area contributed by atoms with Crippen LogP contribution >= 0.6 is 0 Å². The molecule has 1 rings (SSSR count). The molecule has 0 spiro atoms. The van der Waals surface area contributed by atoms with Crippen LogP contribution in [0.4, 0.5) is 4.39 Å². The van der Waals surface area contributed by atoms with Crippen LogP contribution in [0.15, 0.2) is 18.2 Å². The van der Waals surface area contributed by atoms with Crippen LogP contribution < -0.4 is 10.1 Å². The Morgan fingerprint density at radius 1 is 1.36 bits per heavy atom. The summed E-state index contributed by atoms with van der Waals surface area (Å²) in [5.41, 5.74) is 0.636. The van der Waals surface area contributed by atoms with E-state index in [9.17, 15) is 14.0 Å². The normalized spacial score (nSPS) is 11.8. The third kappa shape index (κ3) is 5.69. The number of carboxylic acids is 1. The zero-order chi connectivity index (χ0) is 16.5. The van der Waals surface area contributed by atoms with Gasteiger partial charge in [0.05, 0.1) is 7.11 Å². The molecule has 0 radical (unpaired) electrons. The number of ether oxygens (including phenoxy) is 2. The van der Waals surface area contributed by atoms with Gasteiger partial charge in [0.1, 0.15) is 6.04 Å². The summed E-state index contributed by atoms with van der Waals surface area (Å²) in [6, 6.07) is 3.46. The second-order valence-electron chi connectivity index (χ2n) is 4.71. The van der Waals surface area contributed by atoms with Crippen molar-refractivity contribution >= 4 is 11.9 Å². The first-order chi connectivity index (χ1) is 10.5. The largest absolute Gasteiger partial charge is 0.494 e. The van der Waals surface area contributed by atoms with Gasteiger partial charge in [-0.2, -0.15) is 0 Å². The number of aryl methyl sites for hydroxylation is 1. The fourth-order valence-electron chi connectivity index (χ4n) is 1.88. The van der Waals surface area contributed by atoms with E-state index in [1.54, 1.807) is 6.07 Å². The van der Waals surface area contributed by atoms with E-state index in [0.29, 0.717) is 12.0 Å². The van der Waals surface area contributed by atoms with Gasteiger partial charge in [-0.15, -0.1) is 0 Å². The highest BCUT2D eigenvalue weighted by Crippen LogP contribution is 2.18. The molecule has 1 aromatic rings. The molecule has 1 unspecified atom stereocenters. The third-order valence-corrected chi connectivity index (χ3v) is 3.10. The lowest BCUT2D eigenvalue weighted by Crippen LogP contribution is -2.41. The standard InChI is InChI=1S/C15H20FNO5/c1-21-8-7-12(15(19)20)17-14(18)6-4-10-3-5-13(22-2)11(16)9-10/h3,5,9,12H,4,6-8H2,1-2H3,(H,17,18)(H,19,20). The van der Waals surface area contributed by atoms with E-state index in [4.69, 9.17) is 14.6 Å². The predicted molar refractivity (Wildman–Crippen MR) is 77.3 cm³/mol. The topological polar surface area (TPSA) is 84.9 Å². The van der Waals surface area contributed by atoms with Gasteiger partial charge >= 0.3 is 5.97 Å². The van der Waals surface area contributed by atoms with Gasteiger partial charge in [0.2, 0.25) is 5.91 Å². The molecule has 0 aliphatic heterocycles.